The number of nitrogens with zero attached hydrogens (tertiary/aromatic N) is 2. The molecule has 2 heterocycles. The Morgan fingerprint density at radius 1 is 0.474 bits per heavy atom. The molecule has 2 N–H and O–H groups in total. The Hall–Kier alpha value is -5.36. The normalized spacial score (nSPS) is 10.5. The van der Waals surface area contributed by atoms with E-state index in [1.54, 1.807) is 24.3 Å². The van der Waals surface area contributed by atoms with E-state index in [2.05, 4.69) is 9.97 Å². The van der Waals surface area contributed by atoms with E-state index >= 15 is 0 Å². The Morgan fingerprint density at radius 3 is 1.18 bits per heavy atom. The standard InChI is InChI=1S/2C16H11NO2/c2*18-16(19)13-10-15(11-6-2-1-3-7-11)17-14-9-5-4-8-12(13)14/h2*1-10H,(H,18,19). The summed E-state index contributed by atoms with van der Waals surface area (Å²) >= 11 is 0. The van der Waals surface area contributed by atoms with Crippen molar-refractivity contribution in [2.45, 2.75) is 0 Å². The highest BCUT2D eigenvalue weighted by atomic mass is 16.4. The molecule has 0 unspecified atom stereocenters. The second-order valence-electron chi connectivity index (χ2n) is 8.49. The van der Waals surface area contributed by atoms with Gasteiger partial charge in [-0.05, 0) is 24.3 Å². The maximum absolute atomic E-state index is 11.4. The molecule has 0 atom stereocenters. The number of carbonyl (C=O) groups is 2. The van der Waals surface area contributed by atoms with Gasteiger partial charge in [0.15, 0.2) is 0 Å². The van der Waals surface area contributed by atoms with Crippen LogP contribution in [0.15, 0.2) is 121 Å². The van der Waals surface area contributed by atoms with Crippen LogP contribution in [-0.2, 0) is 0 Å². The molecule has 6 heteroatoms. The van der Waals surface area contributed by atoms with Crippen molar-refractivity contribution in [3.8, 4) is 22.5 Å². The third kappa shape index (κ3) is 5.10. The van der Waals surface area contributed by atoms with Crippen LogP contribution in [0.3, 0.4) is 0 Å². The summed E-state index contributed by atoms with van der Waals surface area (Å²) in [5.74, 6) is -1.87. The highest BCUT2D eigenvalue weighted by Crippen LogP contribution is 2.26. The Bertz CT molecular complexity index is 1630. The lowest BCUT2D eigenvalue weighted by atomic mass is 10.0. The quantitative estimate of drug-likeness (QED) is 0.267. The highest BCUT2D eigenvalue weighted by molar-refractivity contribution is 6.04. The van der Waals surface area contributed by atoms with Crippen molar-refractivity contribution < 1.29 is 19.8 Å². The molecule has 0 bridgehead atoms. The van der Waals surface area contributed by atoms with Gasteiger partial charge in [0, 0.05) is 21.9 Å². The van der Waals surface area contributed by atoms with E-state index in [0.717, 1.165) is 11.1 Å². The fraction of sp³-hybridized carbons (Fsp3) is 0. The van der Waals surface area contributed by atoms with E-state index in [0.29, 0.717) is 33.2 Å². The topological polar surface area (TPSA) is 100 Å². The van der Waals surface area contributed by atoms with Crippen LogP contribution in [0, 0.1) is 0 Å². The van der Waals surface area contributed by atoms with Gasteiger partial charge < -0.3 is 10.2 Å². The number of hydrogen-bond donors (Lipinski definition) is 2. The minimum absolute atomic E-state index is 0.282. The molecule has 2 aromatic heterocycles. The molecular formula is C32H22N2O4. The molecule has 38 heavy (non-hydrogen) atoms. The SMILES string of the molecule is O=C(O)c1cc(-c2ccccc2)nc2ccccc12.O=C(O)c1cc(-c2ccccc2)nc2ccccc12. The zero-order valence-corrected chi connectivity index (χ0v) is 20.2. The summed E-state index contributed by atoms with van der Waals surface area (Å²) in [5, 5.41) is 20.0. The molecule has 184 valence electrons. The molecule has 0 fully saturated rings. The number of aromatic carboxylic acids is 2. The van der Waals surface area contributed by atoms with Gasteiger partial charge in [-0.1, -0.05) is 97.1 Å². The molecule has 4 aromatic carbocycles. The zero-order chi connectivity index (χ0) is 26.5. The molecule has 0 aliphatic heterocycles. The summed E-state index contributed by atoms with van der Waals surface area (Å²) in [6.07, 6.45) is 0. The molecule has 0 saturated heterocycles. The number of carboxylic acid groups (broad SMARTS) is 2. The predicted molar refractivity (Wildman–Crippen MR) is 148 cm³/mol. The second kappa shape index (κ2) is 10.7. The third-order valence-electron chi connectivity index (χ3n) is 6.03. The first kappa shape index (κ1) is 24.3. The molecule has 0 amide bonds. The first-order valence-electron chi connectivity index (χ1n) is 11.9. The van der Waals surface area contributed by atoms with Crippen LogP contribution in [0.5, 0.6) is 0 Å². The summed E-state index contributed by atoms with van der Waals surface area (Å²) < 4.78 is 0. The summed E-state index contributed by atoms with van der Waals surface area (Å²) in [4.78, 5) is 31.8. The van der Waals surface area contributed by atoms with Crippen LogP contribution in [0.1, 0.15) is 20.7 Å². The van der Waals surface area contributed by atoms with Gasteiger partial charge in [-0.25, -0.2) is 19.6 Å². The van der Waals surface area contributed by atoms with Crippen molar-refractivity contribution >= 4 is 33.7 Å². The van der Waals surface area contributed by atoms with Gasteiger partial charge in [0.25, 0.3) is 0 Å². The fourth-order valence-corrected chi connectivity index (χ4v) is 4.22. The molecule has 0 saturated carbocycles. The van der Waals surface area contributed by atoms with Crippen molar-refractivity contribution in [1.82, 2.24) is 9.97 Å². The van der Waals surface area contributed by atoms with Crippen molar-refractivity contribution in [3.05, 3.63) is 132 Å². The molecule has 0 radical (unpaired) electrons. The summed E-state index contributed by atoms with van der Waals surface area (Å²) in [7, 11) is 0. The lowest BCUT2D eigenvalue weighted by Crippen LogP contribution is -2.00. The molecule has 0 aliphatic rings. The molecule has 6 nitrogen and oxygen atoms in total. The van der Waals surface area contributed by atoms with Gasteiger partial charge in [-0.15, -0.1) is 0 Å². The van der Waals surface area contributed by atoms with Gasteiger partial charge in [-0.3, -0.25) is 0 Å². The largest absolute Gasteiger partial charge is 0.478 e. The van der Waals surface area contributed by atoms with Crippen molar-refractivity contribution in [2.24, 2.45) is 0 Å². The first-order valence-corrected chi connectivity index (χ1v) is 11.9. The lowest BCUT2D eigenvalue weighted by Gasteiger charge is -2.06. The van der Waals surface area contributed by atoms with E-state index in [4.69, 9.17) is 0 Å². The van der Waals surface area contributed by atoms with Gasteiger partial charge in [-0.2, -0.15) is 0 Å². The minimum Gasteiger partial charge on any atom is -0.478 e. The average Bonchev–Trinajstić information content (AvgIpc) is 2.97. The number of rotatable bonds is 4. The zero-order valence-electron chi connectivity index (χ0n) is 20.2. The van der Waals surface area contributed by atoms with E-state index in [9.17, 15) is 19.8 Å². The van der Waals surface area contributed by atoms with Crippen LogP contribution < -0.4 is 0 Å². The first-order chi connectivity index (χ1) is 18.5. The van der Waals surface area contributed by atoms with Gasteiger partial charge in [0.2, 0.25) is 0 Å². The molecule has 0 spiro atoms. The van der Waals surface area contributed by atoms with E-state index < -0.39 is 11.9 Å². The van der Waals surface area contributed by atoms with E-state index in [-0.39, 0.29) is 11.1 Å². The maximum Gasteiger partial charge on any atom is 0.336 e. The summed E-state index contributed by atoms with van der Waals surface area (Å²) in [6, 6.07) is 37.0. The molecule has 0 aliphatic carbocycles. The minimum atomic E-state index is -0.934. The fourth-order valence-electron chi connectivity index (χ4n) is 4.22. The molecule has 6 aromatic rings. The van der Waals surface area contributed by atoms with E-state index in [1.165, 1.54) is 0 Å². The Balaban J connectivity index is 0.000000155. The van der Waals surface area contributed by atoms with Gasteiger partial charge >= 0.3 is 11.9 Å². The van der Waals surface area contributed by atoms with Crippen molar-refractivity contribution in [3.63, 3.8) is 0 Å². The van der Waals surface area contributed by atoms with Crippen LogP contribution in [0.4, 0.5) is 0 Å². The van der Waals surface area contributed by atoms with E-state index in [1.807, 2.05) is 97.1 Å². The highest BCUT2D eigenvalue weighted by Gasteiger charge is 2.13. The Kier molecular flexibility index (Phi) is 6.87. The average molecular weight is 499 g/mol. The van der Waals surface area contributed by atoms with Crippen LogP contribution >= 0.6 is 0 Å². The lowest BCUT2D eigenvalue weighted by molar-refractivity contribution is 0.0688. The number of hydrogen-bond acceptors (Lipinski definition) is 4. The van der Waals surface area contributed by atoms with Crippen LogP contribution in [0.2, 0.25) is 0 Å². The summed E-state index contributed by atoms with van der Waals surface area (Å²) in [5.41, 5.74) is 5.14. The van der Waals surface area contributed by atoms with Crippen LogP contribution in [-0.4, -0.2) is 32.1 Å². The molecule has 6 rings (SSSR count). The Labute approximate surface area is 218 Å². The van der Waals surface area contributed by atoms with Crippen molar-refractivity contribution in [1.29, 1.82) is 0 Å². The summed E-state index contributed by atoms with van der Waals surface area (Å²) in [6.45, 7) is 0. The van der Waals surface area contributed by atoms with Gasteiger partial charge in [0.1, 0.15) is 0 Å². The van der Waals surface area contributed by atoms with Crippen LogP contribution in [0.25, 0.3) is 44.3 Å². The number of para-hydroxylation sites is 2. The predicted octanol–water partition coefficient (Wildman–Crippen LogP) is 7.20. The Morgan fingerprint density at radius 2 is 0.816 bits per heavy atom. The third-order valence-corrected chi connectivity index (χ3v) is 6.03. The maximum atomic E-state index is 11.4. The smallest absolute Gasteiger partial charge is 0.336 e. The molecular weight excluding hydrogens is 476 g/mol. The number of carboxylic acids is 2. The monoisotopic (exact) mass is 498 g/mol. The van der Waals surface area contributed by atoms with Gasteiger partial charge in [0.05, 0.1) is 33.5 Å². The number of fused-ring (bicyclic) bond motifs is 2. The van der Waals surface area contributed by atoms with Crippen molar-refractivity contribution in [2.75, 3.05) is 0 Å². The number of pyridine rings is 2. The number of aromatic nitrogens is 2. The number of benzene rings is 4. The second-order valence-corrected chi connectivity index (χ2v) is 8.49.